The maximum atomic E-state index is 13.0. The Balaban J connectivity index is 2.12. The lowest BCUT2D eigenvalue weighted by Gasteiger charge is -2.12. The van der Waals surface area contributed by atoms with Crippen LogP contribution >= 0.6 is 22.6 Å². The summed E-state index contributed by atoms with van der Waals surface area (Å²) in [7, 11) is 0. The number of furan rings is 1. The van der Waals surface area contributed by atoms with Gasteiger partial charge in [-0.25, -0.2) is 4.39 Å². The molecule has 0 spiro atoms. The predicted molar refractivity (Wildman–Crippen MR) is 78.4 cm³/mol. The van der Waals surface area contributed by atoms with E-state index in [1.807, 2.05) is 48.6 Å². The van der Waals surface area contributed by atoms with Gasteiger partial charge in [-0.3, -0.25) is 4.79 Å². The van der Waals surface area contributed by atoms with Crippen molar-refractivity contribution in [3.8, 4) is 0 Å². The van der Waals surface area contributed by atoms with Crippen LogP contribution in [0.2, 0.25) is 0 Å². The van der Waals surface area contributed by atoms with E-state index in [-0.39, 0.29) is 17.8 Å². The second kappa shape index (κ2) is 5.73. The van der Waals surface area contributed by atoms with Crippen molar-refractivity contribution in [3.63, 3.8) is 0 Å². The van der Waals surface area contributed by atoms with Crippen molar-refractivity contribution in [2.75, 3.05) is 0 Å². The van der Waals surface area contributed by atoms with E-state index in [1.165, 1.54) is 18.2 Å². The molecule has 2 aromatic rings. The third kappa shape index (κ3) is 3.34. The maximum Gasteiger partial charge on any atom is 0.252 e. The lowest BCUT2D eigenvalue weighted by molar-refractivity contribution is 0.0934. The van der Waals surface area contributed by atoms with E-state index in [0.717, 1.165) is 5.76 Å². The Bertz CT molecular complexity index is 609. The highest BCUT2D eigenvalue weighted by Crippen LogP contribution is 2.18. The first-order chi connectivity index (χ1) is 8.97. The summed E-state index contributed by atoms with van der Waals surface area (Å²) in [6.07, 6.45) is 0. The standard InChI is InChI=1S/C14H13FINO2/c1-8-3-6-13(19-8)9(2)17-14(18)11-5-4-10(15)7-12(11)16/h3-7,9H,1-2H3,(H,17,18). The molecular formula is C14H13FINO2. The predicted octanol–water partition coefficient (Wildman–Crippen LogP) is 3.82. The van der Waals surface area contributed by atoms with Crippen LogP contribution in [0.1, 0.15) is 34.8 Å². The fourth-order valence-corrected chi connectivity index (χ4v) is 2.43. The van der Waals surface area contributed by atoms with Crippen LogP contribution in [0, 0.1) is 16.3 Å². The molecule has 3 nitrogen and oxygen atoms in total. The summed E-state index contributed by atoms with van der Waals surface area (Å²) in [5, 5.41) is 2.83. The second-order valence-electron chi connectivity index (χ2n) is 4.27. The van der Waals surface area contributed by atoms with Crippen LogP contribution in [0.3, 0.4) is 0 Å². The molecule has 1 amide bonds. The van der Waals surface area contributed by atoms with Crippen molar-refractivity contribution in [2.45, 2.75) is 19.9 Å². The molecule has 0 saturated heterocycles. The van der Waals surface area contributed by atoms with Crippen molar-refractivity contribution in [3.05, 3.63) is 56.8 Å². The third-order valence-corrected chi connectivity index (χ3v) is 3.60. The molecule has 5 heteroatoms. The van der Waals surface area contributed by atoms with Gasteiger partial charge in [-0.2, -0.15) is 0 Å². The zero-order valence-corrected chi connectivity index (χ0v) is 12.7. The molecule has 2 rings (SSSR count). The average molecular weight is 373 g/mol. The Kier molecular flexibility index (Phi) is 4.24. The minimum atomic E-state index is -0.351. The van der Waals surface area contributed by atoms with Gasteiger partial charge in [0.25, 0.3) is 5.91 Å². The van der Waals surface area contributed by atoms with Crippen LogP contribution in [0.4, 0.5) is 4.39 Å². The number of carbonyl (C=O) groups is 1. The Labute approximate surface area is 124 Å². The molecule has 0 aliphatic heterocycles. The van der Waals surface area contributed by atoms with Gasteiger partial charge in [0.05, 0.1) is 11.6 Å². The molecule has 0 saturated carbocycles. The summed E-state index contributed by atoms with van der Waals surface area (Å²) in [5.74, 6) is 0.900. The van der Waals surface area contributed by atoms with Crippen LogP contribution in [0.15, 0.2) is 34.7 Å². The van der Waals surface area contributed by atoms with E-state index >= 15 is 0 Å². The van der Waals surface area contributed by atoms with E-state index in [1.54, 1.807) is 0 Å². The molecule has 1 unspecified atom stereocenters. The van der Waals surface area contributed by atoms with Gasteiger partial charge in [0.1, 0.15) is 17.3 Å². The lowest BCUT2D eigenvalue weighted by Crippen LogP contribution is -2.27. The van der Waals surface area contributed by atoms with Crippen molar-refractivity contribution in [1.82, 2.24) is 5.32 Å². The molecule has 1 aromatic heterocycles. The van der Waals surface area contributed by atoms with Gasteiger partial charge in [-0.1, -0.05) is 0 Å². The molecule has 0 aliphatic carbocycles. The van der Waals surface area contributed by atoms with Gasteiger partial charge in [-0.05, 0) is 66.8 Å². The molecule has 0 radical (unpaired) electrons. The van der Waals surface area contributed by atoms with E-state index in [0.29, 0.717) is 14.9 Å². The number of halogens is 2. The SMILES string of the molecule is Cc1ccc(C(C)NC(=O)c2ccc(F)cc2I)o1. The number of hydrogen-bond acceptors (Lipinski definition) is 2. The van der Waals surface area contributed by atoms with Crippen molar-refractivity contribution >= 4 is 28.5 Å². The van der Waals surface area contributed by atoms with Crippen LogP contribution in [0.25, 0.3) is 0 Å². The molecular weight excluding hydrogens is 360 g/mol. The largest absolute Gasteiger partial charge is 0.464 e. The van der Waals surface area contributed by atoms with Gasteiger partial charge < -0.3 is 9.73 Å². The maximum absolute atomic E-state index is 13.0. The summed E-state index contributed by atoms with van der Waals surface area (Å²) in [6, 6.07) is 7.53. The fourth-order valence-electron chi connectivity index (χ4n) is 1.71. The highest BCUT2D eigenvalue weighted by Gasteiger charge is 2.16. The Morgan fingerprint density at radius 1 is 1.37 bits per heavy atom. The molecule has 0 fully saturated rings. The minimum absolute atomic E-state index is 0.234. The number of carbonyl (C=O) groups excluding carboxylic acids is 1. The topological polar surface area (TPSA) is 42.2 Å². The van der Waals surface area contributed by atoms with Crippen molar-refractivity contribution in [2.24, 2.45) is 0 Å². The monoisotopic (exact) mass is 373 g/mol. The number of aryl methyl sites for hydroxylation is 1. The summed E-state index contributed by atoms with van der Waals surface area (Å²) >= 11 is 1.94. The Morgan fingerprint density at radius 3 is 2.68 bits per heavy atom. The van der Waals surface area contributed by atoms with Gasteiger partial charge >= 0.3 is 0 Å². The van der Waals surface area contributed by atoms with Crippen molar-refractivity contribution in [1.29, 1.82) is 0 Å². The highest BCUT2D eigenvalue weighted by atomic mass is 127. The molecule has 0 aliphatic rings. The first-order valence-corrected chi connectivity index (χ1v) is 6.87. The molecule has 1 heterocycles. The van der Waals surface area contributed by atoms with Crippen molar-refractivity contribution < 1.29 is 13.6 Å². The Hall–Kier alpha value is -1.37. The zero-order chi connectivity index (χ0) is 14.0. The van der Waals surface area contributed by atoms with Crippen LogP contribution < -0.4 is 5.32 Å². The van der Waals surface area contributed by atoms with Gasteiger partial charge in [-0.15, -0.1) is 0 Å². The summed E-state index contributed by atoms with van der Waals surface area (Å²) in [5.41, 5.74) is 0.456. The number of benzene rings is 1. The number of hydrogen-bond donors (Lipinski definition) is 1. The van der Waals surface area contributed by atoms with Gasteiger partial charge in [0.15, 0.2) is 0 Å². The highest BCUT2D eigenvalue weighted by molar-refractivity contribution is 14.1. The molecule has 19 heavy (non-hydrogen) atoms. The normalized spacial score (nSPS) is 12.2. The van der Waals surface area contributed by atoms with E-state index in [4.69, 9.17) is 4.42 Å². The van der Waals surface area contributed by atoms with E-state index in [9.17, 15) is 9.18 Å². The summed E-state index contributed by atoms with van der Waals surface area (Å²) in [6.45, 7) is 3.69. The summed E-state index contributed by atoms with van der Waals surface area (Å²) < 4.78 is 19.0. The number of nitrogens with one attached hydrogen (secondary N) is 1. The average Bonchev–Trinajstić information content (AvgIpc) is 2.75. The first kappa shape index (κ1) is 14.0. The van der Waals surface area contributed by atoms with Gasteiger partial charge in [0, 0.05) is 3.57 Å². The third-order valence-electron chi connectivity index (χ3n) is 2.71. The fraction of sp³-hybridized carbons (Fsp3) is 0.214. The minimum Gasteiger partial charge on any atom is -0.464 e. The van der Waals surface area contributed by atoms with Gasteiger partial charge in [0.2, 0.25) is 0 Å². The smallest absolute Gasteiger partial charge is 0.252 e. The van der Waals surface area contributed by atoms with E-state index < -0.39 is 0 Å². The van der Waals surface area contributed by atoms with E-state index in [2.05, 4.69) is 5.32 Å². The molecule has 1 aromatic carbocycles. The number of rotatable bonds is 3. The number of amides is 1. The first-order valence-electron chi connectivity index (χ1n) is 5.79. The molecule has 1 N–H and O–H groups in total. The Morgan fingerprint density at radius 2 is 2.11 bits per heavy atom. The van der Waals surface area contributed by atoms with Crippen LogP contribution in [0.5, 0.6) is 0 Å². The molecule has 0 bridgehead atoms. The quantitative estimate of drug-likeness (QED) is 0.832. The molecule has 1 atom stereocenters. The lowest BCUT2D eigenvalue weighted by atomic mass is 10.2. The van der Waals surface area contributed by atoms with Crippen LogP contribution in [-0.4, -0.2) is 5.91 Å². The molecule has 100 valence electrons. The second-order valence-corrected chi connectivity index (χ2v) is 5.43. The summed E-state index contributed by atoms with van der Waals surface area (Å²) in [4.78, 5) is 12.1. The zero-order valence-electron chi connectivity index (χ0n) is 10.5. The van der Waals surface area contributed by atoms with Crippen LogP contribution in [-0.2, 0) is 0 Å².